The molecule has 140 valence electrons. The molecule has 0 aliphatic heterocycles. The van der Waals surface area contributed by atoms with E-state index in [1.165, 1.54) is 22.2 Å². The lowest BCUT2D eigenvalue weighted by molar-refractivity contribution is 0.878. The number of aryl methyl sites for hydroxylation is 4. The quantitative estimate of drug-likeness (QED) is 0.349. The molecular weight excluding hydrogens is 386 g/mol. The summed E-state index contributed by atoms with van der Waals surface area (Å²) in [6.45, 7) is 6.13. The maximum absolute atomic E-state index is 4.94. The summed E-state index contributed by atoms with van der Waals surface area (Å²) < 4.78 is 0. The van der Waals surface area contributed by atoms with Crippen LogP contribution in [0, 0.1) is 20.8 Å². The number of rotatable bonds is 3. The first kappa shape index (κ1) is 17.7. The van der Waals surface area contributed by atoms with Crippen molar-refractivity contribution in [2.75, 3.05) is 0 Å². The van der Waals surface area contributed by atoms with Crippen molar-refractivity contribution in [2.45, 2.75) is 50.2 Å². The van der Waals surface area contributed by atoms with Crippen LogP contribution in [0.1, 0.15) is 33.8 Å². The molecule has 0 N–H and O–H groups in total. The lowest BCUT2D eigenvalue weighted by atomic mass is 10.2. The van der Waals surface area contributed by atoms with Crippen molar-refractivity contribution in [1.82, 2.24) is 24.9 Å². The Morgan fingerprint density at radius 3 is 2.57 bits per heavy atom. The molecule has 7 heteroatoms. The molecule has 0 unspecified atom stereocenters. The van der Waals surface area contributed by atoms with Crippen LogP contribution in [-0.2, 0) is 12.8 Å². The molecule has 0 radical (unpaired) electrons. The Labute approximate surface area is 171 Å². The molecule has 1 aliphatic rings. The number of hydrogen-bond acceptors (Lipinski definition) is 7. The van der Waals surface area contributed by atoms with Gasteiger partial charge in [0.15, 0.2) is 11.0 Å². The highest BCUT2D eigenvalue weighted by atomic mass is 32.2. The largest absolute Gasteiger partial charge is 0.264 e. The summed E-state index contributed by atoms with van der Waals surface area (Å²) in [4.78, 5) is 25.9. The van der Waals surface area contributed by atoms with E-state index >= 15 is 0 Å². The van der Waals surface area contributed by atoms with Crippen molar-refractivity contribution >= 4 is 33.3 Å². The minimum Gasteiger partial charge on any atom is -0.264 e. The highest BCUT2D eigenvalue weighted by Crippen LogP contribution is 2.42. The second kappa shape index (κ2) is 6.90. The molecule has 5 rings (SSSR count). The smallest absolute Gasteiger partial charge is 0.194 e. The van der Waals surface area contributed by atoms with Crippen molar-refractivity contribution < 1.29 is 0 Å². The van der Waals surface area contributed by atoms with Crippen LogP contribution in [0.25, 0.3) is 21.6 Å². The topological polar surface area (TPSA) is 64.5 Å². The van der Waals surface area contributed by atoms with Gasteiger partial charge in [-0.25, -0.2) is 19.9 Å². The zero-order valence-corrected chi connectivity index (χ0v) is 17.6. The van der Waals surface area contributed by atoms with Gasteiger partial charge in [0.2, 0.25) is 0 Å². The fraction of sp³-hybridized carbons (Fsp3) is 0.286. The van der Waals surface area contributed by atoms with Crippen LogP contribution in [0.2, 0.25) is 0 Å². The second-order valence-corrected chi connectivity index (χ2v) is 9.08. The minimum atomic E-state index is 0.712. The molecule has 0 aromatic carbocycles. The predicted molar refractivity (Wildman–Crippen MR) is 113 cm³/mol. The van der Waals surface area contributed by atoms with E-state index in [0.717, 1.165) is 50.4 Å². The Balaban J connectivity index is 1.69. The van der Waals surface area contributed by atoms with Crippen LogP contribution < -0.4 is 0 Å². The van der Waals surface area contributed by atoms with Gasteiger partial charge in [0, 0.05) is 39.6 Å². The molecule has 0 amide bonds. The van der Waals surface area contributed by atoms with Gasteiger partial charge in [-0.2, -0.15) is 0 Å². The van der Waals surface area contributed by atoms with E-state index in [1.807, 2.05) is 32.2 Å². The van der Waals surface area contributed by atoms with Crippen molar-refractivity contribution in [3.05, 3.63) is 51.9 Å². The first-order valence-electron chi connectivity index (χ1n) is 9.32. The number of nitrogens with zero attached hydrogens (tertiary/aromatic N) is 5. The molecule has 0 fully saturated rings. The van der Waals surface area contributed by atoms with E-state index in [9.17, 15) is 0 Å². The summed E-state index contributed by atoms with van der Waals surface area (Å²) in [6, 6.07) is 3.92. The molecule has 0 saturated heterocycles. The predicted octanol–water partition coefficient (Wildman–Crippen LogP) is 5.11. The van der Waals surface area contributed by atoms with Crippen LogP contribution in [0.4, 0.5) is 0 Å². The van der Waals surface area contributed by atoms with E-state index in [1.54, 1.807) is 29.3 Å². The van der Waals surface area contributed by atoms with Gasteiger partial charge in [0.1, 0.15) is 9.86 Å². The Hall–Kier alpha value is -2.38. The number of fused-ring (bicyclic) bond motifs is 3. The van der Waals surface area contributed by atoms with E-state index in [4.69, 9.17) is 19.9 Å². The third kappa shape index (κ3) is 2.99. The number of hydrogen-bond donors (Lipinski definition) is 0. The van der Waals surface area contributed by atoms with E-state index in [0.29, 0.717) is 5.82 Å². The molecule has 28 heavy (non-hydrogen) atoms. The summed E-state index contributed by atoms with van der Waals surface area (Å²) in [6.07, 6.45) is 7.04. The van der Waals surface area contributed by atoms with Gasteiger partial charge in [0.05, 0.1) is 0 Å². The van der Waals surface area contributed by atoms with Crippen LogP contribution in [0.15, 0.2) is 34.7 Å². The first-order chi connectivity index (χ1) is 13.6. The van der Waals surface area contributed by atoms with E-state index in [2.05, 4.69) is 11.9 Å². The maximum atomic E-state index is 4.94. The number of thiophene rings is 1. The molecule has 5 nitrogen and oxygen atoms in total. The van der Waals surface area contributed by atoms with E-state index < -0.39 is 0 Å². The molecule has 4 aromatic rings. The Morgan fingerprint density at radius 2 is 1.82 bits per heavy atom. The van der Waals surface area contributed by atoms with Crippen LogP contribution in [-0.4, -0.2) is 24.9 Å². The second-order valence-electron chi connectivity index (χ2n) is 7.04. The Bertz CT molecular complexity index is 1180. The fourth-order valence-electron chi connectivity index (χ4n) is 3.53. The summed E-state index contributed by atoms with van der Waals surface area (Å²) >= 11 is 3.35. The minimum absolute atomic E-state index is 0.712. The third-order valence-electron chi connectivity index (χ3n) is 5.25. The number of pyridine rings is 1. The van der Waals surface area contributed by atoms with Gasteiger partial charge in [-0.15, -0.1) is 11.3 Å². The van der Waals surface area contributed by atoms with Crippen molar-refractivity contribution in [2.24, 2.45) is 0 Å². The zero-order chi connectivity index (χ0) is 19.3. The summed E-state index contributed by atoms with van der Waals surface area (Å²) in [7, 11) is 0. The molecule has 1 aliphatic carbocycles. The van der Waals surface area contributed by atoms with Crippen molar-refractivity contribution in [1.29, 1.82) is 0 Å². The molecule has 0 spiro atoms. The van der Waals surface area contributed by atoms with Gasteiger partial charge in [0.25, 0.3) is 0 Å². The zero-order valence-electron chi connectivity index (χ0n) is 16.0. The normalized spacial score (nSPS) is 13.2. The van der Waals surface area contributed by atoms with Crippen LogP contribution in [0.3, 0.4) is 0 Å². The Kier molecular flexibility index (Phi) is 4.36. The third-order valence-corrected chi connectivity index (χ3v) is 7.29. The molecule has 0 bridgehead atoms. The highest BCUT2D eigenvalue weighted by molar-refractivity contribution is 7.99. The monoisotopic (exact) mass is 405 g/mol. The first-order valence-corrected chi connectivity index (χ1v) is 11.0. The average molecular weight is 406 g/mol. The molecular formula is C21H19N5S2. The van der Waals surface area contributed by atoms with Crippen molar-refractivity contribution in [3.8, 4) is 11.4 Å². The van der Waals surface area contributed by atoms with Gasteiger partial charge in [-0.05, 0) is 75.1 Å². The molecule has 0 atom stereocenters. The number of aromatic nitrogens is 5. The van der Waals surface area contributed by atoms with Crippen LogP contribution >= 0.6 is 23.1 Å². The lowest BCUT2D eigenvalue weighted by Crippen LogP contribution is -1.99. The average Bonchev–Trinajstić information content (AvgIpc) is 3.27. The molecule has 0 saturated carbocycles. The Morgan fingerprint density at radius 1 is 1.00 bits per heavy atom. The summed E-state index contributed by atoms with van der Waals surface area (Å²) in [5, 5.41) is 2.89. The maximum Gasteiger partial charge on any atom is 0.194 e. The fourth-order valence-corrected chi connectivity index (χ4v) is 5.85. The highest BCUT2D eigenvalue weighted by Gasteiger charge is 2.24. The van der Waals surface area contributed by atoms with Crippen LogP contribution in [0.5, 0.6) is 0 Å². The van der Waals surface area contributed by atoms with E-state index in [-0.39, 0.29) is 0 Å². The lowest BCUT2D eigenvalue weighted by Gasteiger charge is -2.09. The van der Waals surface area contributed by atoms with Crippen molar-refractivity contribution in [3.63, 3.8) is 0 Å². The molecule has 4 aromatic heterocycles. The standard InChI is InChI=1S/C21H19N5S2/c1-11-12(2)23-21(24-13(11)3)28-20-17-15-7-4-8-16(15)27-19(17)25-18(26-20)14-6-5-9-22-10-14/h5-6,9-10H,4,7-8H2,1-3H3. The summed E-state index contributed by atoms with van der Waals surface area (Å²) in [5.41, 5.74) is 5.52. The van der Waals surface area contributed by atoms with Gasteiger partial charge < -0.3 is 0 Å². The van der Waals surface area contributed by atoms with Gasteiger partial charge in [-0.1, -0.05) is 0 Å². The molecule has 4 heterocycles. The summed E-state index contributed by atoms with van der Waals surface area (Å²) in [5.74, 6) is 0.712. The van der Waals surface area contributed by atoms with Gasteiger partial charge >= 0.3 is 0 Å². The SMILES string of the molecule is Cc1nc(Sc2nc(-c3cccnc3)nc3sc4c(c23)CCC4)nc(C)c1C. The van der Waals surface area contributed by atoms with Gasteiger partial charge in [-0.3, -0.25) is 4.98 Å².